The van der Waals surface area contributed by atoms with Crippen LogP contribution in [0.4, 0.5) is 5.82 Å². The van der Waals surface area contributed by atoms with Gasteiger partial charge >= 0.3 is 0 Å². The largest absolute Gasteiger partial charge is 0.395 e. The first-order valence-electron chi connectivity index (χ1n) is 5.02. The van der Waals surface area contributed by atoms with Crippen LogP contribution in [0.25, 0.3) is 0 Å². The Hall–Kier alpha value is -0.870. The second-order valence-electron chi connectivity index (χ2n) is 3.36. The zero-order chi connectivity index (χ0) is 11.3. The van der Waals surface area contributed by atoms with E-state index in [0.29, 0.717) is 11.7 Å². The zero-order valence-electron chi connectivity index (χ0n) is 9.07. The molecule has 1 aromatic heterocycles. The molecule has 1 rings (SSSR count). The van der Waals surface area contributed by atoms with Gasteiger partial charge in [-0.1, -0.05) is 24.9 Å². The number of halogens is 1. The second kappa shape index (κ2) is 5.88. The molecular weight excluding hydrogens is 214 g/mol. The van der Waals surface area contributed by atoms with Crippen molar-refractivity contribution in [3.63, 3.8) is 0 Å². The Morgan fingerprint density at radius 1 is 1.47 bits per heavy atom. The lowest BCUT2D eigenvalue weighted by Crippen LogP contribution is -2.23. The van der Waals surface area contributed by atoms with Crippen molar-refractivity contribution in [3.05, 3.63) is 17.0 Å². The average molecular weight is 230 g/mol. The summed E-state index contributed by atoms with van der Waals surface area (Å²) in [5.41, 5.74) is 0.956. The van der Waals surface area contributed by atoms with Crippen LogP contribution in [0.3, 0.4) is 0 Å². The van der Waals surface area contributed by atoms with E-state index in [1.165, 1.54) is 6.33 Å². The Kier molecular flexibility index (Phi) is 4.78. The minimum atomic E-state index is 0.101. The van der Waals surface area contributed by atoms with Gasteiger partial charge in [-0.15, -0.1) is 0 Å². The fourth-order valence-corrected chi connectivity index (χ4v) is 1.65. The molecule has 0 aliphatic heterocycles. The summed E-state index contributed by atoms with van der Waals surface area (Å²) in [6, 6.07) is 0. The Bertz CT molecular complexity index is 320. The van der Waals surface area contributed by atoms with Crippen LogP contribution in [-0.2, 0) is 6.42 Å². The zero-order valence-corrected chi connectivity index (χ0v) is 9.83. The lowest BCUT2D eigenvalue weighted by molar-refractivity contribution is 0.303. The Balaban J connectivity index is 2.99. The van der Waals surface area contributed by atoms with Crippen molar-refractivity contribution >= 4 is 17.4 Å². The molecule has 0 spiro atoms. The molecule has 0 saturated heterocycles. The molecule has 0 atom stereocenters. The molecule has 0 aromatic carbocycles. The summed E-state index contributed by atoms with van der Waals surface area (Å²) in [6.07, 6.45) is 3.29. The van der Waals surface area contributed by atoms with Gasteiger partial charge in [0.2, 0.25) is 0 Å². The molecule has 0 aliphatic carbocycles. The molecule has 0 aliphatic rings. The van der Waals surface area contributed by atoms with Gasteiger partial charge in [0.1, 0.15) is 17.3 Å². The normalized spacial score (nSPS) is 10.4. The first-order valence-corrected chi connectivity index (χ1v) is 5.39. The van der Waals surface area contributed by atoms with Gasteiger partial charge in [0.15, 0.2) is 0 Å². The van der Waals surface area contributed by atoms with Gasteiger partial charge < -0.3 is 10.0 Å². The number of hydrogen-bond donors (Lipinski definition) is 1. The van der Waals surface area contributed by atoms with Crippen molar-refractivity contribution in [2.75, 3.05) is 25.1 Å². The lowest BCUT2D eigenvalue weighted by atomic mass is 10.2. The third-order valence-corrected chi connectivity index (χ3v) is 2.49. The van der Waals surface area contributed by atoms with E-state index >= 15 is 0 Å². The third-order valence-electron chi connectivity index (χ3n) is 2.17. The molecule has 15 heavy (non-hydrogen) atoms. The maximum Gasteiger partial charge on any atom is 0.137 e. The maximum atomic E-state index is 8.87. The number of aromatic nitrogens is 2. The van der Waals surface area contributed by atoms with Crippen LogP contribution in [0.2, 0.25) is 5.15 Å². The number of anilines is 1. The van der Waals surface area contributed by atoms with Crippen molar-refractivity contribution < 1.29 is 5.11 Å². The quantitative estimate of drug-likeness (QED) is 0.778. The molecule has 84 valence electrons. The van der Waals surface area contributed by atoms with Gasteiger partial charge in [-0.2, -0.15) is 0 Å². The van der Waals surface area contributed by atoms with Crippen molar-refractivity contribution in [3.8, 4) is 0 Å². The molecule has 1 N–H and O–H groups in total. The number of nitrogens with zero attached hydrogens (tertiary/aromatic N) is 3. The van der Waals surface area contributed by atoms with Crippen LogP contribution in [0.15, 0.2) is 6.33 Å². The number of aliphatic hydroxyl groups excluding tert-OH is 1. The first-order chi connectivity index (χ1) is 7.20. The minimum Gasteiger partial charge on any atom is -0.395 e. The van der Waals surface area contributed by atoms with E-state index in [4.69, 9.17) is 16.7 Å². The SMILES string of the molecule is CCCc1c(Cl)ncnc1N(C)CCO. The Labute approximate surface area is 94.9 Å². The summed E-state index contributed by atoms with van der Waals surface area (Å²) in [4.78, 5) is 10.0. The van der Waals surface area contributed by atoms with Crippen LogP contribution < -0.4 is 4.90 Å². The van der Waals surface area contributed by atoms with E-state index < -0.39 is 0 Å². The lowest BCUT2D eigenvalue weighted by Gasteiger charge is -2.20. The summed E-state index contributed by atoms with van der Waals surface area (Å²) < 4.78 is 0. The second-order valence-corrected chi connectivity index (χ2v) is 3.72. The maximum absolute atomic E-state index is 8.87. The molecule has 0 amide bonds. The summed E-state index contributed by atoms with van der Waals surface area (Å²) in [5, 5.41) is 9.38. The third kappa shape index (κ3) is 3.04. The monoisotopic (exact) mass is 229 g/mol. The predicted molar refractivity (Wildman–Crippen MR) is 61.4 cm³/mol. The molecular formula is C10H16ClN3O. The number of hydrogen-bond acceptors (Lipinski definition) is 4. The van der Waals surface area contributed by atoms with E-state index in [2.05, 4.69) is 16.9 Å². The van der Waals surface area contributed by atoms with Gasteiger partial charge in [-0.3, -0.25) is 0 Å². The molecule has 5 heteroatoms. The molecule has 0 unspecified atom stereocenters. The highest BCUT2D eigenvalue weighted by Gasteiger charge is 2.12. The Morgan fingerprint density at radius 2 is 2.20 bits per heavy atom. The summed E-state index contributed by atoms with van der Waals surface area (Å²) in [7, 11) is 1.88. The van der Waals surface area contributed by atoms with E-state index in [1.54, 1.807) is 0 Å². The summed E-state index contributed by atoms with van der Waals surface area (Å²) in [6.45, 7) is 2.73. The van der Waals surface area contributed by atoms with E-state index in [9.17, 15) is 0 Å². The molecule has 0 radical (unpaired) electrons. The predicted octanol–water partition coefficient (Wildman–Crippen LogP) is 1.51. The van der Waals surface area contributed by atoms with E-state index in [-0.39, 0.29) is 6.61 Å². The van der Waals surface area contributed by atoms with E-state index in [1.807, 2.05) is 11.9 Å². The fraction of sp³-hybridized carbons (Fsp3) is 0.600. The van der Waals surface area contributed by atoms with Crippen LogP contribution in [-0.4, -0.2) is 35.3 Å². The minimum absolute atomic E-state index is 0.101. The Morgan fingerprint density at radius 3 is 2.80 bits per heavy atom. The van der Waals surface area contributed by atoms with E-state index in [0.717, 1.165) is 24.2 Å². The highest BCUT2D eigenvalue weighted by atomic mass is 35.5. The number of aliphatic hydroxyl groups is 1. The smallest absolute Gasteiger partial charge is 0.137 e. The van der Waals surface area contributed by atoms with Crippen molar-refractivity contribution in [2.45, 2.75) is 19.8 Å². The van der Waals surface area contributed by atoms with Gasteiger partial charge in [0.25, 0.3) is 0 Å². The highest BCUT2D eigenvalue weighted by Crippen LogP contribution is 2.23. The molecule has 0 bridgehead atoms. The van der Waals surface area contributed by atoms with Crippen LogP contribution >= 0.6 is 11.6 Å². The van der Waals surface area contributed by atoms with Gasteiger partial charge in [0.05, 0.1) is 6.61 Å². The first kappa shape index (κ1) is 12.2. The summed E-state index contributed by atoms with van der Waals surface area (Å²) >= 11 is 6.01. The van der Waals surface area contributed by atoms with Crippen LogP contribution in [0.5, 0.6) is 0 Å². The van der Waals surface area contributed by atoms with Gasteiger partial charge in [-0.25, -0.2) is 9.97 Å². The molecule has 0 fully saturated rings. The van der Waals surface area contributed by atoms with Crippen LogP contribution in [0.1, 0.15) is 18.9 Å². The molecule has 1 aromatic rings. The number of likely N-dealkylation sites (N-methyl/N-ethyl adjacent to an activating group) is 1. The van der Waals surface area contributed by atoms with Crippen LogP contribution in [0, 0.1) is 0 Å². The number of rotatable bonds is 5. The molecule has 0 saturated carbocycles. The van der Waals surface area contributed by atoms with Crippen molar-refractivity contribution in [1.82, 2.24) is 9.97 Å². The van der Waals surface area contributed by atoms with Gasteiger partial charge in [0, 0.05) is 19.2 Å². The molecule has 4 nitrogen and oxygen atoms in total. The topological polar surface area (TPSA) is 49.2 Å². The highest BCUT2D eigenvalue weighted by molar-refractivity contribution is 6.30. The summed E-state index contributed by atoms with van der Waals surface area (Å²) in [5.74, 6) is 0.811. The van der Waals surface area contributed by atoms with Gasteiger partial charge in [-0.05, 0) is 6.42 Å². The van der Waals surface area contributed by atoms with Crippen molar-refractivity contribution in [1.29, 1.82) is 0 Å². The fourth-order valence-electron chi connectivity index (χ4n) is 1.43. The average Bonchev–Trinajstić information content (AvgIpc) is 2.21. The molecule has 1 heterocycles. The van der Waals surface area contributed by atoms with Crippen molar-refractivity contribution in [2.24, 2.45) is 0 Å². The standard InChI is InChI=1S/C10H16ClN3O/c1-3-4-8-9(11)12-7-13-10(8)14(2)5-6-15/h7,15H,3-6H2,1-2H3.